The molecule has 0 bridgehead atoms. The van der Waals surface area contributed by atoms with E-state index in [9.17, 15) is 14.4 Å². The standard InChI is InChI=1S/C35H38N8O5/c1-40(2)34(45)22-9-12-42(13-10-22)27-8-11-36-33-31(27)23(21-41(33)3)18-29-32(44)26-19-24(4-6-28(26)48-29)38-35(46)39-25-5-7-30(37-20-25)43-14-16-47-17-15-43/h4-8,11,18-22H,9-10,12-17H2,1-3H3,(H2,38,39,46)/b29-18-. The summed E-state index contributed by atoms with van der Waals surface area (Å²) in [6.07, 6.45) is 8.65. The highest BCUT2D eigenvalue weighted by Crippen LogP contribution is 2.37. The number of nitrogens with one attached hydrogen (secondary N) is 2. The minimum absolute atomic E-state index is 0.0172. The largest absolute Gasteiger partial charge is 0.452 e. The maximum atomic E-state index is 13.6. The molecule has 0 atom stereocenters. The Bertz CT molecular complexity index is 1900. The molecule has 2 fully saturated rings. The van der Waals surface area contributed by atoms with Gasteiger partial charge >= 0.3 is 6.03 Å². The van der Waals surface area contributed by atoms with Crippen molar-refractivity contribution in [2.24, 2.45) is 13.0 Å². The van der Waals surface area contributed by atoms with Crippen molar-refractivity contribution < 1.29 is 23.9 Å². The molecule has 0 spiro atoms. The molecule has 3 amide bonds. The number of amides is 3. The number of carbonyl (C=O) groups is 3. The van der Waals surface area contributed by atoms with E-state index in [1.165, 1.54) is 0 Å². The first-order chi connectivity index (χ1) is 23.2. The van der Waals surface area contributed by atoms with Gasteiger partial charge in [0.15, 0.2) is 5.76 Å². The number of hydrogen-bond acceptors (Lipinski definition) is 9. The van der Waals surface area contributed by atoms with Crippen LogP contribution in [0.1, 0.15) is 28.8 Å². The lowest BCUT2D eigenvalue weighted by molar-refractivity contribution is -0.133. The molecular formula is C35H38N8O5. The quantitative estimate of drug-likeness (QED) is 0.292. The number of aromatic nitrogens is 3. The van der Waals surface area contributed by atoms with E-state index in [-0.39, 0.29) is 23.4 Å². The minimum atomic E-state index is -0.455. The van der Waals surface area contributed by atoms with Crippen LogP contribution in [0, 0.1) is 5.92 Å². The van der Waals surface area contributed by atoms with Crippen LogP contribution in [-0.2, 0) is 16.6 Å². The summed E-state index contributed by atoms with van der Waals surface area (Å²) in [5.74, 6) is 1.36. The predicted molar refractivity (Wildman–Crippen MR) is 184 cm³/mol. The fraction of sp³-hybridized carbons (Fsp3) is 0.343. The van der Waals surface area contributed by atoms with Crippen molar-refractivity contribution in [1.29, 1.82) is 0 Å². The zero-order valence-corrected chi connectivity index (χ0v) is 27.2. The number of hydrogen-bond donors (Lipinski definition) is 2. The number of ether oxygens (including phenoxy) is 2. The second-order valence-electron chi connectivity index (χ2n) is 12.5. The highest BCUT2D eigenvalue weighted by atomic mass is 16.5. The van der Waals surface area contributed by atoms with Gasteiger partial charge in [0.25, 0.3) is 0 Å². The molecule has 13 heteroatoms. The average molecular weight is 651 g/mol. The number of anilines is 4. The van der Waals surface area contributed by atoms with Crippen LogP contribution in [0.25, 0.3) is 17.1 Å². The molecule has 3 aromatic heterocycles. The number of rotatable bonds is 6. The van der Waals surface area contributed by atoms with Crippen LogP contribution in [0.2, 0.25) is 0 Å². The Hall–Kier alpha value is -5.43. The number of Topliss-reactive ketones (excluding diaryl/α,β-unsaturated/α-hetero) is 1. The minimum Gasteiger partial charge on any atom is -0.452 e. The summed E-state index contributed by atoms with van der Waals surface area (Å²) in [5.41, 5.74) is 3.97. The average Bonchev–Trinajstić information content (AvgIpc) is 3.59. The first-order valence-corrected chi connectivity index (χ1v) is 16.1. The second kappa shape index (κ2) is 13.0. The molecule has 0 radical (unpaired) electrons. The van der Waals surface area contributed by atoms with E-state index in [1.807, 2.05) is 29.9 Å². The van der Waals surface area contributed by atoms with Crippen molar-refractivity contribution >= 4 is 57.7 Å². The van der Waals surface area contributed by atoms with Crippen LogP contribution < -0.4 is 25.2 Å². The van der Waals surface area contributed by atoms with Gasteiger partial charge in [0, 0.05) is 88.0 Å². The third-order valence-electron chi connectivity index (χ3n) is 9.04. The maximum absolute atomic E-state index is 13.6. The summed E-state index contributed by atoms with van der Waals surface area (Å²) in [7, 11) is 5.52. The molecule has 3 aliphatic heterocycles. The van der Waals surface area contributed by atoms with E-state index in [4.69, 9.17) is 9.47 Å². The molecule has 0 saturated carbocycles. The molecule has 1 aromatic carbocycles. The molecule has 2 N–H and O–H groups in total. The van der Waals surface area contributed by atoms with E-state index in [2.05, 4.69) is 30.4 Å². The Morgan fingerprint density at radius 1 is 0.958 bits per heavy atom. The number of pyridine rings is 2. The number of urea groups is 1. The number of ketones is 1. The fourth-order valence-corrected chi connectivity index (χ4v) is 6.57. The molecule has 2 saturated heterocycles. The van der Waals surface area contributed by atoms with Crippen molar-refractivity contribution in [3.8, 4) is 5.75 Å². The molecule has 13 nitrogen and oxygen atoms in total. The fourth-order valence-electron chi connectivity index (χ4n) is 6.57. The van der Waals surface area contributed by atoms with Crippen LogP contribution >= 0.6 is 0 Å². The van der Waals surface area contributed by atoms with Crippen molar-refractivity contribution in [1.82, 2.24) is 19.4 Å². The van der Waals surface area contributed by atoms with Gasteiger partial charge < -0.3 is 39.4 Å². The number of piperidine rings is 1. The van der Waals surface area contributed by atoms with Crippen LogP contribution in [-0.4, -0.2) is 90.6 Å². The van der Waals surface area contributed by atoms with E-state index in [1.54, 1.807) is 61.7 Å². The van der Waals surface area contributed by atoms with Gasteiger partial charge in [-0.15, -0.1) is 0 Å². The van der Waals surface area contributed by atoms with Crippen LogP contribution in [0.3, 0.4) is 0 Å². The molecule has 3 aliphatic rings. The Labute approximate surface area is 278 Å². The third-order valence-corrected chi connectivity index (χ3v) is 9.04. The van der Waals surface area contributed by atoms with Gasteiger partial charge in [-0.2, -0.15) is 0 Å². The first-order valence-electron chi connectivity index (χ1n) is 16.1. The SMILES string of the molecule is CN(C)C(=O)C1CCN(c2ccnc3c2c(/C=C2\Oc4ccc(NC(=O)Nc5ccc(N6CCOCC6)nc5)cc4C2=O)cn3C)CC1. The molecule has 6 heterocycles. The van der Waals surface area contributed by atoms with E-state index < -0.39 is 6.03 Å². The number of allylic oxidation sites excluding steroid dienone is 1. The van der Waals surface area contributed by atoms with Gasteiger partial charge in [0.05, 0.1) is 30.7 Å². The Morgan fingerprint density at radius 2 is 1.71 bits per heavy atom. The normalized spacial score (nSPS) is 17.4. The van der Waals surface area contributed by atoms with Crippen LogP contribution in [0.4, 0.5) is 27.7 Å². The molecule has 7 rings (SSSR count). The molecule has 0 aliphatic carbocycles. The van der Waals surface area contributed by atoms with Crippen molar-refractivity contribution in [3.63, 3.8) is 0 Å². The number of morpholine rings is 1. The molecule has 248 valence electrons. The monoisotopic (exact) mass is 650 g/mol. The lowest BCUT2D eigenvalue weighted by atomic mass is 9.95. The molecule has 4 aromatic rings. The number of benzene rings is 1. The molecule has 0 unspecified atom stereocenters. The van der Waals surface area contributed by atoms with Gasteiger partial charge in [0.1, 0.15) is 17.2 Å². The van der Waals surface area contributed by atoms with E-state index in [0.29, 0.717) is 35.9 Å². The summed E-state index contributed by atoms with van der Waals surface area (Å²) >= 11 is 0. The van der Waals surface area contributed by atoms with Crippen molar-refractivity contribution in [3.05, 3.63) is 71.9 Å². The predicted octanol–water partition coefficient (Wildman–Crippen LogP) is 4.37. The lowest BCUT2D eigenvalue weighted by Gasteiger charge is -2.34. The number of nitrogens with zero attached hydrogens (tertiary/aromatic N) is 6. The van der Waals surface area contributed by atoms with Gasteiger partial charge in [0.2, 0.25) is 11.7 Å². The highest BCUT2D eigenvalue weighted by molar-refractivity contribution is 6.16. The van der Waals surface area contributed by atoms with Crippen molar-refractivity contribution in [2.45, 2.75) is 12.8 Å². The van der Waals surface area contributed by atoms with Gasteiger partial charge in [-0.25, -0.2) is 14.8 Å². The third kappa shape index (κ3) is 6.16. The second-order valence-corrected chi connectivity index (χ2v) is 12.5. The first kappa shape index (κ1) is 31.2. The number of fused-ring (bicyclic) bond motifs is 2. The topological polar surface area (TPSA) is 134 Å². The lowest BCUT2D eigenvalue weighted by Crippen LogP contribution is -2.40. The zero-order valence-electron chi connectivity index (χ0n) is 27.2. The Kier molecular flexibility index (Phi) is 8.44. The highest BCUT2D eigenvalue weighted by Gasteiger charge is 2.30. The van der Waals surface area contributed by atoms with Crippen LogP contribution in [0.5, 0.6) is 5.75 Å². The smallest absolute Gasteiger partial charge is 0.323 e. The van der Waals surface area contributed by atoms with Gasteiger partial charge in [-0.3, -0.25) is 9.59 Å². The Balaban J connectivity index is 1.05. The maximum Gasteiger partial charge on any atom is 0.323 e. The van der Waals surface area contributed by atoms with Gasteiger partial charge in [-0.1, -0.05) is 0 Å². The summed E-state index contributed by atoms with van der Waals surface area (Å²) in [6, 6.07) is 10.2. The number of carbonyl (C=O) groups excluding carboxylic acids is 3. The summed E-state index contributed by atoms with van der Waals surface area (Å²) in [5, 5.41) is 6.51. The Morgan fingerprint density at radius 3 is 2.44 bits per heavy atom. The van der Waals surface area contributed by atoms with Crippen molar-refractivity contribution in [2.75, 3.05) is 73.9 Å². The molecule has 48 heavy (non-hydrogen) atoms. The van der Waals surface area contributed by atoms with Crippen LogP contribution in [0.15, 0.2) is 60.7 Å². The molecular weight excluding hydrogens is 612 g/mol. The zero-order chi connectivity index (χ0) is 33.4. The van der Waals surface area contributed by atoms with Gasteiger partial charge in [-0.05, 0) is 55.3 Å². The summed E-state index contributed by atoms with van der Waals surface area (Å²) in [4.78, 5) is 54.1. The van der Waals surface area contributed by atoms with E-state index in [0.717, 1.165) is 67.1 Å². The number of aryl methyl sites for hydroxylation is 1. The van der Waals surface area contributed by atoms with E-state index >= 15 is 0 Å². The summed E-state index contributed by atoms with van der Waals surface area (Å²) in [6.45, 7) is 4.37. The summed E-state index contributed by atoms with van der Waals surface area (Å²) < 4.78 is 13.4.